The molecule has 1 heterocycles. The number of hydrogen-bond donors (Lipinski definition) is 0. The molecule has 0 aliphatic carbocycles. The van der Waals surface area contributed by atoms with Crippen molar-refractivity contribution < 1.29 is 14.3 Å². The molecule has 0 saturated heterocycles. The molecule has 0 atom stereocenters. The van der Waals surface area contributed by atoms with E-state index in [0.717, 1.165) is 21.3 Å². The number of hydrogen-bond acceptors (Lipinski definition) is 6. The second-order valence-corrected chi connectivity index (χ2v) is 8.94. The van der Waals surface area contributed by atoms with Crippen LogP contribution in [-0.2, 0) is 17.2 Å². The number of benzene rings is 3. The summed E-state index contributed by atoms with van der Waals surface area (Å²) in [6.07, 6.45) is 1.79. The maximum Gasteiger partial charge on any atom is 0.244 e. The SMILES string of the molecule is COc1cc(/C=C2\N=C(SCc3ccccc3)SC2=O)ccc1OCc1ccccc1. The zero-order valence-corrected chi connectivity index (χ0v) is 18.6. The van der Waals surface area contributed by atoms with Crippen molar-refractivity contribution in [1.82, 2.24) is 0 Å². The summed E-state index contributed by atoms with van der Waals surface area (Å²) in [4.78, 5) is 16.9. The fraction of sp³-hybridized carbons (Fsp3) is 0.120. The second-order valence-electron chi connectivity index (χ2n) is 6.76. The van der Waals surface area contributed by atoms with Crippen LogP contribution in [0.25, 0.3) is 6.08 Å². The Labute approximate surface area is 190 Å². The lowest BCUT2D eigenvalue weighted by Crippen LogP contribution is -1.98. The molecule has 31 heavy (non-hydrogen) atoms. The lowest BCUT2D eigenvalue weighted by molar-refractivity contribution is -0.107. The van der Waals surface area contributed by atoms with Crippen molar-refractivity contribution in [2.24, 2.45) is 4.99 Å². The summed E-state index contributed by atoms with van der Waals surface area (Å²) in [5.74, 6) is 2.06. The van der Waals surface area contributed by atoms with Gasteiger partial charge >= 0.3 is 0 Å². The number of carbonyl (C=O) groups is 1. The Morgan fingerprint density at radius 2 is 1.65 bits per heavy atom. The van der Waals surface area contributed by atoms with Gasteiger partial charge in [-0.2, -0.15) is 0 Å². The van der Waals surface area contributed by atoms with Crippen molar-refractivity contribution in [3.63, 3.8) is 0 Å². The lowest BCUT2D eigenvalue weighted by Gasteiger charge is -2.11. The Morgan fingerprint density at radius 3 is 2.35 bits per heavy atom. The summed E-state index contributed by atoms with van der Waals surface area (Å²) in [6, 6.07) is 25.7. The fourth-order valence-corrected chi connectivity index (χ4v) is 4.75. The number of aliphatic imine (C=N–C) groups is 1. The van der Waals surface area contributed by atoms with Crippen molar-refractivity contribution in [2.45, 2.75) is 12.4 Å². The third-order valence-electron chi connectivity index (χ3n) is 4.53. The van der Waals surface area contributed by atoms with E-state index >= 15 is 0 Å². The average Bonchev–Trinajstić information content (AvgIpc) is 3.17. The van der Waals surface area contributed by atoms with Crippen LogP contribution in [0.1, 0.15) is 16.7 Å². The second kappa shape index (κ2) is 10.4. The molecule has 0 bridgehead atoms. The first kappa shape index (κ1) is 21.3. The third kappa shape index (κ3) is 5.81. The van der Waals surface area contributed by atoms with E-state index in [1.165, 1.54) is 17.3 Å². The molecule has 3 aromatic rings. The predicted molar refractivity (Wildman–Crippen MR) is 130 cm³/mol. The molecule has 0 saturated carbocycles. The summed E-state index contributed by atoms with van der Waals surface area (Å²) in [7, 11) is 1.61. The lowest BCUT2D eigenvalue weighted by atomic mass is 10.1. The van der Waals surface area contributed by atoms with E-state index in [0.29, 0.717) is 23.8 Å². The standard InChI is InChI=1S/C25H21NO3S2/c1-28-23-15-20(12-13-22(23)29-16-18-8-4-2-5-9-18)14-21-24(27)31-25(26-21)30-17-19-10-6-3-7-11-19/h2-15H,16-17H2,1H3/b21-14-. The van der Waals surface area contributed by atoms with Crippen molar-refractivity contribution in [3.05, 3.63) is 101 Å². The molecule has 0 spiro atoms. The van der Waals surface area contributed by atoms with E-state index in [1.807, 2.05) is 66.7 Å². The van der Waals surface area contributed by atoms with Gasteiger partial charge in [-0.1, -0.05) is 78.5 Å². The van der Waals surface area contributed by atoms with E-state index in [2.05, 4.69) is 17.1 Å². The molecule has 1 aliphatic heterocycles. The van der Waals surface area contributed by atoms with Gasteiger partial charge < -0.3 is 9.47 Å². The number of methoxy groups -OCH3 is 1. The van der Waals surface area contributed by atoms with E-state index in [1.54, 1.807) is 24.9 Å². The number of ether oxygens (including phenoxy) is 2. The predicted octanol–water partition coefficient (Wildman–Crippen LogP) is 6.18. The molecule has 0 fully saturated rings. The summed E-state index contributed by atoms with van der Waals surface area (Å²) in [6.45, 7) is 0.457. The van der Waals surface area contributed by atoms with Crippen LogP contribution >= 0.6 is 23.5 Å². The maximum absolute atomic E-state index is 12.4. The monoisotopic (exact) mass is 447 g/mol. The minimum absolute atomic E-state index is 0.0427. The van der Waals surface area contributed by atoms with Gasteiger partial charge in [-0.25, -0.2) is 4.99 Å². The van der Waals surface area contributed by atoms with Crippen LogP contribution in [0.15, 0.2) is 89.6 Å². The van der Waals surface area contributed by atoms with Crippen LogP contribution in [0.2, 0.25) is 0 Å². The van der Waals surface area contributed by atoms with Gasteiger partial charge in [-0.3, -0.25) is 4.79 Å². The average molecular weight is 448 g/mol. The van der Waals surface area contributed by atoms with E-state index < -0.39 is 0 Å². The molecule has 0 N–H and O–H groups in total. The highest BCUT2D eigenvalue weighted by Gasteiger charge is 2.22. The highest BCUT2D eigenvalue weighted by molar-refractivity contribution is 8.45. The highest BCUT2D eigenvalue weighted by Crippen LogP contribution is 2.34. The Bertz CT molecular complexity index is 1110. The van der Waals surface area contributed by atoms with Gasteiger partial charge in [0.1, 0.15) is 16.7 Å². The van der Waals surface area contributed by atoms with Crippen LogP contribution in [0, 0.1) is 0 Å². The van der Waals surface area contributed by atoms with E-state index in [-0.39, 0.29) is 5.12 Å². The fourth-order valence-electron chi connectivity index (χ4n) is 2.96. The summed E-state index contributed by atoms with van der Waals surface area (Å²) in [5.41, 5.74) is 3.57. The van der Waals surface area contributed by atoms with Gasteiger partial charge in [0.15, 0.2) is 11.5 Å². The Balaban J connectivity index is 1.44. The van der Waals surface area contributed by atoms with E-state index in [4.69, 9.17) is 9.47 Å². The molecule has 0 aromatic heterocycles. The van der Waals surface area contributed by atoms with Crippen LogP contribution in [0.4, 0.5) is 0 Å². The molecule has 3 aromatic carbocycles. The van der Waals surface area contributed by atoms with Gasteiger partial charge in [0, 0.05) is 5.75 Å². The maximum atomic E-state index is 12.4. The topological polar surface area (TPSA) is 47.9 Å². The molecular formula is C25H21NO3S2. The van der Waals surface area contributed by atoms with Crippen LogP contribution in [0.5, 0.6) is 11.5 Å². The normalized spacial score (nSPS) is 14.5. The van der Waals surface area contributed by atoms with Crippen molar-refractivity contribution in [3.8, 4) is 11.5 Å². The Kier molecular flexibility index (Phi) is 7.12. The minimum atomic E-state index is -0.0427. The summed E-state index contributed by atoms with van der Waals surface area (Å²) >= 11 is 2.76. The van der Waals surface area contributed by atoms with Crippen molar-refractivity contribution in [1.29, 1.82) is 0 Å². The molecule has 0 radical (unpaired) electrons. The number of carbonyl (C=O) groups excluding carboxylic acids is 1. The molecule has 0 unspecified atom stereocenters. The van der Waals surface area contributed by atoms with Gasteiger partial charge in [-0.05, 0) is 46.7 Å². The van der Waals surface area contributed by atoms with Gasteiger partial charge in [-0.15, -0.1) is 0 Å². The quantitative estimate of drug-likeness (QED) is 0.405. The first-order valence-electron chi connectivity index (χ1n) is 9.75. The zero-order valence-electron chi connectivity index (χ0n) is 17.0. The smallest absolute Gasteiger partial charge is 0.244 e. The number of thioether (sulfide) groups is 2. The molecule has 0 amide bonds. The summed E-state index contributed by atoms with van der Waals surface area (Å²) in [5, 5.41) is -0.0427. The van der Waals surface area contributed by atoms with Gasteiger partial charge in [0.2, 0.25) is 5.12 Å². The first-order chi connectivity index (χ1) is 15.2. The molecule has 4 rings (SSSR count). The van der Waals surface area contributed by atoms with Crippen LogP contribution in [-0.4, -0.2) is 16.6 Å². The summed E-state index contributed by atoms with van der Waals surface area (Å²) < 4.78 is 12.2. The molecular weight excluding hydrogens is 426 g/mol. The zero-order chi connectivity index (χ0) is 21.5. The van der Waals surface area contributed by atoms with E-state index in [9.17, 15) is 4.79 Å². The van der Waals surface area contributed by atoms with Crippen LogP contribution in [0.3, 0.4) is 0 Å². The Hall–Kier alpha value is -2.96. The molecule has 156 valence electrons. The minimum Gasteiger partial charge on any atom is -0.493 e. The first-order valence-corrected chi connectivity index (χ1v) is 11.6. The highest BCUT2D eigenvalue weighted by atomic mass is 32.2. The Morgan fingerprint density at radius 1 is 0.935 bits per heavy atom. The van der Waals surface area contributed by atoms with Gasteiger partial charge in [0.05, 0.1) is 7.11 Å². The third-order valence-corrected chi connectivity index (χ3v) is 6.61. The number of nitrogens with zero attached hydrogens (tertiary/aromatic N) is 1. The van der Waals surface area contributed by atoms with Crippen LogP contribution < -0.4 is 9.47 Å². The molecule has 6 heteroatoms. The molecule has 1 aliphatic rings. The van der Waals surface area contributed by atoms with Crippen molar-refractivity contribution >= 4 is 39.1 Å². The van der Waals surface area contributed by atoms with Gasteiger partial charge in [0.25, 0.3) is 0 Å². The molecule has 4 nitrogen and oxygen atoms in total. The van der Waals surface area contributed by atoms with Crippen molar-refractivity contribution in [2.75, 3.05) is 7.11 Å². The number of rotatable bonds is 7. The largest absolute Gasteiger partial charge is 0.493 e.